The Bertz CT molecular complexity index is 951. The maximum Gasteiger partial charge on any atom is 0.348 e. The van der Waals surface area contributed by atoms with Crippen LogP contribution in [0.4, 0.5) is 0 Å². The van der Waals surface area contributed by atoms with Crippen molar-refractivity contribution in [2.75, 3.05) is 28.1 Å². The maximum absolute atomic E-state index is 12.5. The molecule has 0 aliphatic carbocycles. The highest BCUT2D eigenvalue weighted by atomic mass is 16.7. The number of carbonyl (C=O) groups is 1. The lowest BCUT2D eigenvalue weighted by molar-refractivity contribution is -0.126. The standard InChI is InChI=1S/C19H16O8/c1-22-9-4-14(23-2)17(15(5-9)24-3)18(20)16-10-6-12-13(26-8-25-12)7-11(10)27-19(16)21/h4-7,20H,8H2,1-3H3/b18-16-. The molecule has 2 aliphatic rings. The Balaban J connectivity index is 1.94. The number of methoxy groups -OCH3 is 3. The summed E-state index contributed by atoms with van der Waals surface area (Å²) in [5.74, 6) is 1.20. The second-order valence-electron chi connectivity index (χ2n) is 5.72. The Morgan fingerprint density at radius 3 is 2.15 bits per heavy atom. The van der Waals surface area contributed by atoms with Crippen LogP contribution in [0.5, 0.6) is 34.5 Å². The van der Waals surface area contributed by atoms with Gasteiger partial charge < -0.3 is 33.5 Å². The summed E-state index contributed by atoms with van der Waals surface area (Å²) in [5, 5.41) is 11.0. The number of hydrogen-bond acceptors (Lipinski definition) is 8. The molecular formula is C19H16O8. The van der Waals surface area contributed by atoms with E-state index in [1.807, 2.05) is 0 Å². The molecule has 8 nitrogen and oxygen atoms in total. The molecule has 0 aromatic heterocycles. The number of fused-ring (bicyclic) bond motifs is 2. The van der Waals surface area contributed by atoms with E-state index in [2.05, 4.69) is 0 Å². The third-order valence-electron chi connectivity index (χ3n) is 4.34. The lowest BCUT2D eigenvalue weighted by Crippen LogP contribution is -2.05. The zero-order valence-corrected chi connectivity index (χ0v) is 14.8. The van der Waals surface area contributed by atoms with Crippen molar-refractivity contribution in [2.45, 2.75) is 0 Å². The molecule has 2 aromatic rings. The minimum Gasteiger partial charge on any atom is -0.506 e. The van der Waals surface area contributed by atoms with Crippen LogP contribution in [0.2, 0.25) is 0 Å². The summed E-state index contributed by atoms with van der Waals surface area (Å²) in [4.78, 5) is 12.5. The molecule has 140 valence electrons. The van der Waals surface area contributed by atoms with Crippen molar-refractivity contribution in [1.82, 2.24) is 0 Å². The van der Waals surface area contributed by atoms with Crippen molar-refractivity contribution in [1.29, 1.82) is 0 Å². The summed E-state index contributed by atoms with van der Waals surface area (Å²) in [6.07, 6.45) is 0. The summed E-state index contributed by atoms with van der Waals surface area (Å²) in [6.45, 7) is 0.0807. The minimum absolute atomic E-state index is 0.0231. The zero-order chi connectivity index (χ0) is 19.1. The molecule has 2 aliphatic heterocycles. The molecule has 2 heterocycles. The monoisotopic (exact) mass is 372 g/mol. The molecular weight excluding hydrogens is 356 g/mol. The van der Waals surface area contributed by atoms with Crippen LogP contribution in [0.25, 0.3) is 11.3 Å². The largest absolute Gasteiger partial charge is 0.506 e. The molecule has 0 saturated heterocycles. The Morgan fingerprint density at radius 1 is 0.926 bits per heavy atom. The van der Waals surface area contributed by atoms with Crippen LogP contribution in [0, 0.1) is 0 Å². The van der Waals surface area contributed by atoms with E-state index in [-0.39, 0.29) is 40.9 Å². The summed E-state index contributed by atoms with van der Waals surface area (Å²) in [7, 11) is 4.38. The van der Waals surface area contributed by atoms with Gasteiger partial charge >= 0.3 is 5.97 Å². The minimum atomic E-state index is -0.703. The summed E-state index contributed by atoms with van der Waals surface area (Å²) in [5.41, 5.74) is 0.574. The van der Waals surface area contributed by atoms with Gasteiger partial charge in [-0.05, 0) is 6.07 Å². The Morgan fingerprint density at radius 2 is 1.56 bits per heavy atom. The van der Waals surface area contributed by atoms with E-state index < -0.39 is 5.97 Å². The summed E-state index contributed by atoms with van der Waals surface area (Å²) in [6, 6.07) is 6.31. The van der Waals surface area contributed by atoms with E-state index in [9.17, 15) is 9.90 Å². The third kappa shape index (κ3) is 2.57. The van der Waals surface area contributed by atoms with Crippen LogP contribution in [-0.4, -0.2) is 39.2 Å². The fraction of sp³-hybridized carbons (Fsp3) is 0.211. The van der Waals surface area contributed by atoms with Crippen molar-refractivity contribution in [3.63, 3.8) is 0 Å². The van der Waals surface area contributed by atoms with Gasteiger partial charge in [0.2, 0.25) is 6.79 Å². The van der Waals surface area contributed by atoms with Gasteiger partial charge in [0.1, 0.15) is 39.9 Å². The van der Waals surface area contributed by atoms with E-state index in [0.29, 0.717) is 22.8 Å². The van der Waals surface area contributed by atoms with Crippen molar-refractivity contribution in [2.24, 2.45) is 0 Å². The first kappa shape index (κ1) is 16.9. The van der Waals surface area contributed by atoms with Gasteiger partial charge in [0, 0.05) is 23.8 Å². The lowest BCUT2D eigenvalue weighted by atomic mass is 10.00. The summed E-state index contributed by atoms with van der Waals surface area (Å²) < 4.78 is 31.8. The molecule has 0 spiro atoms. The van der Waals surface area contributed by atoms with Crippen molar-refractivity contribution in [3.8, 4) is 34.5 Å². The topological polar surface area (TPSA) is 92.7 Å². The number of carbonyl (C=O) groups excluding carboxylic acids is 1. The number of benzene rings is 2. The smallest absolute Gasteiger partial charge is 0.348 e. The quantitative estimate of drug-likeness (QED) is 0.379. The van der Waals surface area contributed by atoms with Crippen LogP contribution < -0.4 is 28.4 Å². The van der Waals surface area contributed by atoms with E-state index >= 15 is 0 Å². The number of aliphatic hydroxyl groups is 1. The van der Waals surface area contributed by atoms with Crippen LogP contribution in [-0.2, 0) is 4.79 Å². The first-order valence-corrected chi connectivity index (χ1v) is 7.97. The Kier molecular flexibility index (Phi) is 3.95. The van der Waals surface area contributed by atoms with Gasteiger partial charge in [0.25, 0.3) is 0 Å². The average molecular weight is 372 g/mol. The van der Waals surface area contributed by atoms with E-state index in [1.54, 1.807) is 24.3 Å². The number of rotatable bonds is 4. The normalized spacial score (nSPS) is 15.9. The number of esters is 1. The predicted molar refractivity (Wildman–Crippen MR) is 93.7 cm³/mol. The molecule has 0 atom stereocenters. The highest BCUT2D eigenvalue weighted by molar-refractivity contribution is 6.28. The van der Waals surface area contributed by atoms with Crippen LogP contribution in [0.1, 0.15) is 11.1 Å². The molecule has 0 unspecified atom stereocenters. The van der Waals surface area contributed by atoms with Crippen LogP contribution in [0.3, 0.4) is 0 Å². The van der Waals surface area contributed by atoms with Gasteiger partial charge in [-0.25, -0.2) is 4.79 Å². The van der Waals surface area contributed by atoms with Crippen LogP contribution in [0.15, 0.2) is 24.3 Å². The average Bonchev–Trinajstić information content (AvgIpc) is 3.26. The lowest BCUT2D eigenvalue weighted by Gasteiger charge is -2.15. The van der Waals surface area contributed by atoms with Gasteiger partial charge in [-0.15, -0.1) is 0 Å². The van der Waals surface area contributed by atoms with E-state index in [4.69, 9.17) is 28.4 Å². The van der Waals surface area contributed by atoms with Crippen molar-refractivity contribution >= 4 is 17.3 Å². The summed E-state index contributed by atoms with van der Waals surface area (Å²) >= 11 is 0. The fourth-order valence-electron chi connectivity index (χ4n) is 3.05. The molecule has 0 amide bonds. The van der Waals surface area contributed by atoms with Gasteiger partial charge in [-0.2, -0.15) is 0 Å². The van der Waals surface area contributed by atoms with E-state index in [1.165, 1.54) is 21.3 Å². The molecule has 0 radical (unpaired) electrons. The highest BCUT2D eigenvalue weighted by Gasteiger charge is 2.35. The van der Waals surface area contributed by atoms with Crippen molar-refractivity contribution in [3.05, 3.63) is 35.4 Å². The van der Waals surface area contributed by atoms with Gasteiger partial charge in [-0.1, -0.05) is 0 Å². The number of hydrogen-bond donors (Lipinski definition) is 1. The zero-order valence-electron chi connectivity index (χ0n) is 14.8. The molecule has 0 fully saturated rings. The predicted octanol–water partition coefficient (Wildman–Crippen LogP) is 2.79. The fourth-order valence-corrected chi connectivity index (χ4v) is 3.05. The van der Waals surface area contributed by atoms with E-state index in [0.717, 1.165) is 0 Å². The Labute approximate surface area is 154 Å². The highest BCUT2D eigenvalue weighted by Crippen LogP contribution is 2.48. The number of aliphatic hydroxyl groups excluding tert-OH is 1. The molecule has 0 bridgehead atoms. The first-order chi connectivity index (χ1) is 13.1. The Hall–Kier alpha value is -3.55. The molecule has 2 aromatic carbocycles. The molecule has 0 saturated carbocycles. The molecule has 1 N–H and O–H groups in total. The molecule has 8 heteroatoms. The molecule has 4 rings (SSSR count). The molecule has 27 heavy (non-hydrogen) atoms. The third-order valence-corrected chi connectivity index (χ3v) is 4.34. The van der Waals surface area contributed by atoms with Gasteiger partial charge in [0.05, 0.1) is 21.3 Å². The second-order valence-corrected chi connectivity index (χ2v) is 5.72. The second kappa shape index (κ2) is 6.31. The maximum atomic E-state index is 12.5. The number of ether oxygens (including phenoxy) is 6. The van der Waals surface area contributed by atoms with Gasteiger partial charge in [-0.3, -0.25) is 0 Å². The SMILES string of the molecule is COc1cc(OC)c(/C(O)=C2/C(=O)Oc3cc4c(cc32)OCO4)c(OC)c1. The van der Waals surface area contributed by atoms with Crippen LogP contribution >= 0.6 is 0 Å². The first-order valence-electron chi connectivity index (χ1n) is 7.97. The van der Waals surface area contributed by atoms with Gasteiger partial charge in [0.15, 0.2) is 11.5 Å². The van der Waals surface area contributed by atoms with Crippen molar-refractivity contribution < 1.29 is 38.3 Å².